The van der Waals surface area contributed by atoms with Gasteiger partial charge in [0, 0.05) is 17.3 Å². The number of halogens is 1. The summed E-state index contributed by atoms with van der Waals surface area (Å²) in [6, 6.07) is 16.6. The summed E-state index contributed by atoms with van der Waals surface area (Å²) in [7, 11) is 0. The number of rotatable bonds is 3. The summed E-state index contributed by atoms with van der Waals surface area (Å²) >= 11 is 0. The van der Waals surface area contributed by atoms with Crippen molar-refractivity contribution in [3.63, 3.8) is 0 Å². The Hall–Kier alpha value is -2.15. The van der Waals surface area contributed by atoms with E-state index in [1.807, 2.05) is 24.4 Å². The van der Waals surface area contributed by atoms with E-state index in [-0.39, 0.29) is 24.0 Å². The first-order valence-electron chi connectivity index (χ1n) is 8.31. The van der Waals surface area contributed by atoms with Gasteiger partial charge in [-0.2, -0.15) is 0 Å². The van der Waals surface area contributed by atoms with Crippen LogP contribution in [0.4, 0.5) is 5.69 Å². The number of hydrogen-bond acceptors (Lipinski definition) is 2. The monoisotopic (exact) mass is 444 g/mol. The number of aliphatic imine (C=N–C) groups is 1. The molecule has 0 unspecified atom stereocenters. The Bertz CT molecular complexity index is 915. The van der Waals surface area contributed by atoms with Crippen molar-refractivity contribution >= 4 is 46.4 Å². The maximum atomic E-state index is 6.05. The molecule has 0 atom stereocenters. The predicted molar refractivity (Wildman–Crippen MR) is 115 cm³/mol. The van der Waals surface area contributed by atoms with Gasteiger partial charge in [0.1, 0.15) is 0 Å². The molecule has 0 saturated heterocycles. The summed E-state index contributed by atoms with van der Waals surface area (Å²) in [5, 5.41) is 5.48. The lowest BCUT2D eigenvalue weighted by Crippen LogP contribution is -2.22. The molecule has 0 bridgehead atoms. The highest BCUT2D eigenvalue weighted by Crippen LogP contribution is 2.24. The van der Waals surface area contributed by atoms with Crippen molar-refractivity contribution in [1.29, 1.82) is 0 Å². The maximum Gasteiger partial charge on any atom is 0.193 e. The van der Waals surface area contributed by atoms with Crippen LogP contribution in [0.1, 0.15) is 23.2 Å². The van der Waals surface area contributed by atoms with E-state index in [1.54, 1.807) is 0 Å². The maximum absolute atomic E-state index is 6.05. The van der Waals surface area contributed by atoms with E-state index in [9.17, 15) is 0 Å². The zero-order chi connectivity index (χ0) is 16.4. The van der Waals surface area contributed by atoms with Crippen molar-refractivity contribution in [3.05, 3.63) is 71.5 Å². The number of aromatic nitrogens is 1. The molecule has 3 aromatic rings. The van der Waals surface area contributed by atoms with Crippen LogP contribution in [0.3, 0.4) is 0 Å². The second-order valence-corrected chi connectivity index (χ2v) is 6.14. The second kappa shape index (κ2) is 7.82. The molecule has 2 aromatic carbocycles. The fourth-order valence-electron chi connectivity index (χ4n) is 3.31. The minimum atomic E-state index is 0. The predicted octanol–water partition coefficient (Wildman–Crippen LogP) is 4.27. The lowest BCUT2D eigenvalue weighted by molar-refractivity contribution is 0.912. The van der Waals surface area contributed by atoms with Gasteiger partial charge < -0.3 is 11.1 Å². The number of guanidine groups is 1. The molecule has 0 aliphatic heterocycles. The van der Waals surface area contributed by atoms with E-state index in [1.165, 1.54) is 29.4 Å². The Morgan fingerprint density at radius 2 is 1.92 bits per heavy atom. The molecule has 5 heteroatoms. The third kappa shape index (κ3) is 3.92. The normalized spacial score (nSPS) is 13.4. The summed E-state index contributed by atoms with van der Waals surface area (Å²) in [6.45, 7) is 0.463. The highest BCUT2D eigenvalue weighted by Gasteiger charge is 2.10. The molecular formula is C20H21IN4. The summed E-state index contributed by atoms with van der Waals surface area (Å²) in [4.78, 5) is 8.90. The zero-order valence-electron chi connectivity index (χ0n) is 13.9. The van der Waals surface area contributed by atoms with Gasteiger partial charge in [-0.3, -0.25) is 4.98 Å². The van der Waals surface area contributed by atoms with Crippen molar-refractivity contribution in [2.75, 3.05) is 5.32 Å². The summed E-state index contributed by atoms with van der Waals surface area (Å²) in [5.74, 6) is 0.419. The summed E-state index contributed by atoms with van der Waals surface area (Å²) in [5.41, 5.74) is 10.9. The molecule has 0 spiro atoms. The molecule has 3 N–H and O–H groups in total. The largest absolute Gasteiger partial charge is 0.370 e. The second-order valence-electron chi connectivity index (χ2n) is 6.14. The molecule has 0 radical (unpaired) electrons. The van der Waals surface area contributed by atoms with E-state index in [4.69, 9.17) is 5.73 Å². The molecule has 0 saturated carbocycles. The minimum absolute atomic E-state index is 0. The van der Waals surface area contributed by atoms with Crippen molar-refractivity contribution in [1.82, 2.24) is 4.98 Å². The number of aryl methyl sites for hydroxylation is 2. The Labute approximate surface area is 164 Å². The van der Waals surface area contributed by atoms with Crippen molar-refractivity contribution in [2.24, 2.45) is 10.7 Å². The van der Waals surface area contributed by atoms with Crippen molar-refractivity contribution < 1.29 is 0 Å². The molecule has 1 heterocycles. The first-order chi connectivity index (χ1) is 11.8. The molecule has 25 heavy (non-hydrogen) atoms. The van der Waals surface area contributed by atoms with Gasteiger partial charge in [-0.1, -0.05) is 30.3 Å². The van der Waals surface area contributed by atoms with Gasteiger partial charge in [0.05, 0.1) is 12.2 Å². The molecule has 0 fully saturated rings. The van der Waals surface area contributed by atoms with E-state index in [0.717, 1.165) is 23.2 Å². The quantitative estimate of drug-likeness (QED) is 0.361. The Morgan fingerprint density at radius 3 is 2.84 bits per heavy atom. The molecule has 1 aliphatic carbocycles. The molecule has 128 valence electrons. The average molecular weight is 444 g/mol. The van der Waals surface area contributed by atoms with Crippen LogP contribution in [0, 0.1) is 0 Å². The first kappa shape index (κ1) is 17.7. The van der Waals surface area contributed by atoms with Crippen LogP contribution >= 0.6 is 24.0 Å². The van der Waals surface area contributed by atoms with Gasteiger partial charge in [0.15, 0.2) is 5.96 Å². The topological polar surface area (TPSA) is 63.3 Å². The number of anilines is 1. The van der Waals surface area contributed by atoms with Crippen LogP contribution in [0.5, 0.6) is 0 Å². The van der Waals surface area contributed by atoms with E-state index in [2.05, 4.69) is 45.6 Å². The number of nitrogens with zero attached hydrogens (tertiary/aromatic N) is 2. The first-order valence-corrected chi connectivity index (χ1v) is 8.31. The molecule has 4 rings (SSSR count). The smallest absolute Gasteiger partial charge is 0.193 e. The van der Waals surface area contributed by atoms with Gasteiger partial charge in [-0.15, -0.1) is 24.0 Å². The highest BCUT2D eigenvalue weighted by molar-refractivity contribution is 14.0. The van der Waals surface area contributed by atoms with E-state index < -0.39 is 0 Å². The number of pyridine rings is 1. The molecular weight excluding hydrogens is 423 g/mol. The minimum Gasteiger partial charge on any atom is -0.370 e. The van der Waals surface area contributed by atoms with Gasteiger partial charge in [-0.05, 0) is 54.0 Å². The number of fused-ring (bicyclic) bond motifs is 2. The van der Waals surface area contributed by atoms with Crippen LogP contribution in [0.15, 0.2) is 59.7 Å². The van der Waals surface area contributed by atoms with Crippen LogP contribution in [-0.2, 0) is 19.4 Å². The van der Waals surface area contributed by atoms with Gasteiger partial charge in [-0.25, -0.2) is 4.99 Å². The lowest BCUT2D eigenvalue weighted by atomic mass is 10.1. The average Bonchev–Trinajstić information content (AvgIpc) is 3.07. The zero-order valence-corrected chi connectivity index (χ0v) is 16.2. The number of hydrogen-bond donors (Lipinski definition) is 2. The fraction of sp³-hybridized carbons (Fsp3) is 0.200. The van der Waals surface area contributed by atoms with Crippen LogP contribution in [0.25, 0.3) is 10.8 Å². The third-order valence-electron chi connectivity index (χ3n) is 4.53. The van der Waals surface area contributed by atoms with Crippen LogP contribution < -0.4 is 11.1 Å². The molecule has 4 nitrogen and oxygen atoms in total. The Balaban J connectivity index is 0.00000182. The number of nitrogens with one attached hydrogen (secondary N) is 1. The van der Waals surface area contributed by atoms with Crippen LogP contribution in [-0.4, -0.2) is 10.9 Å². The number of benzene rings is 2. The van der Waals surface area contributed by atoms with Gasteiger partial charge >= 0.3 is 0 Å². The summed E-state index contributed by atoms with van der Waals surface area (Å²) < 4.78 is 0. The van der Waals surface area contributed by atoms with Gasteiger partial charge in [0.2, 0.25) is 0 Å². The molecule has 1 aromatic heterocycles. The Kier molecular flexibility index (Phi) is 5.53. The van der Waals surface area contributed by atoms with Crippen LogP contribution in [0.2, 0.25) is 0 Å². The fourth-order valence-corrected chi connectivity index (χ4v) is 3.31. The standard InChI is InChI=1S/C20H20N4.HI/c21-20(24-17-9-8-14-5-3-6-16(14)12-17)23-13-19-18-7-2-1-4-15(18)10-11-22-19;/h1-2,4,7-12H,3,5-6,13H2,(H3,21,23,24);1H. The van der Waals surface area contributed by atoms with E-state index >= 15 is 0 Å². The molecule has 1 aliphatic rings. The SMILES string of the molecule is I.NC(=NCc1nccc2ccccc12)Nc1ccc2c(c1)CCC2. The Morgan fingerprint density at radius 1 is 1.08 bits per heavy atom. The highest BCUT2D eigenvalue weighted by atomic mass is 127. The molecule has 0 amide bonds. The van der Waals surface area contributed by atoms with Crippen molar-refractivity contribution in [3.8, 4) is 0 Å². The van der Waals surface area contributed by atoms with Crippen molar-refractivity contribution in [2.45, 2.75) is 25.8 Å². The summed E-state index contributed by atoms with van der Waals surface area (Å²) in [6.07, 6.45) is 5.40. The van der Waals surface area contributed by atoms with E-state index in [0.29, 0.717) is 12.5 Å². The third-order valence-corrected chi connectivity index (χ3v) is 4.53. The number of nitrogens with two attached hydrogens (primary N) is 1. The van der Waals surface area contributed by atoms with Gasteiger partial charge in [0.25, 0.3) is 0 Å². The lowest BCUT2D eigenvalue weighted by Gasteiger charge is -2.08.